The summed E-state index contributed by atoms with van der Waals surface area (Å²) in [4.78, 5) is 16.6. The minimum Gasteiger partial charge on any atom is -0.354 e. The Hall–Kier alpha value is -1.88. The standard InChI is InChI=1S/C14H18N4O/c1-18-9-17-11-8-10(2-3-12(11)18)14(4-5-14)13(19)16-7-6-15/h2-3,8-9H,4-7,15H2,1H3,(H,16,19). The van der Waals surface area contributed by atoms with Crippen LogP contribution in [0.1, 0.15) is 18.4 Å². The molecule has 1 aliphatic carbocycles. The lowest BCUT2D eigenvalue weighted by molar-refractivity contribution is -0.123. The van der Waals surface area contributed by atoms with Gasteiger partial charge in [-0.3, -0.25) is 4.79 Å². The summed E-state index contributed by atoms with van der Waals surface area (Å²) in [6.07, 6.45) is 3.60. The molecule has 5 heteroatoms. The van der Waals surface area contributed by atoms with Crippen LogP contribution >= 0.6 is 0 Å². The van der Waals surface area contributed by atoms with Gasteiger partial charge in [-0.1, -0.05) is 6.07 Å². The van der Waals surface area contributed by atoms with E-state index in [1.165, 1.54) is 0 Å². The molecule has 0 spiro atoms. The average molecular weight is 258 g/mol. The molecular weight excluding hydrogens is 240 g/mol. The molecule has 1 aromatic heterocycles. The van der Waals surface area contributed by atoms with Gasteiger partial charge < -0.3 is 15.6 Å². The van der Waals surface area contributed by atoms with E-state index in [1.54, 1.807) is 6.33 Å². The van der Waals surface area contributed by atoms with Crippen LogP contribution in [0.5, 0.6) is 0 Å². The quantitative estimate of drug-likeness (QED) is 0.847. The van der Waals surface area contributed by atoms with Crippen molar-refractivity contribution in [1.82, 2.24) is 14.9 Å². The molecule has 5 nitrogen and oxygen atoms in total. The van der Waals surface area contributed by atoms with Gasteiger partial charge in [-0.2, -0.15) is 0 Å². The number of amides is 1. The van der Waals surface area contributed by atoms with Crippen LogP contribution in [0.4, 0.5) is 0 Å². The molecule has 1 aromatic carbocycles. The minimum absolute atomic E-state index is 0.0910. The van der Waals surface area contributed by atoms with E-state index in [1.807, 2.05) is 29.8 Å². The molecule has 0 bridgehead atoms. The summed E-state index contributed by atoms with van der Waals surface area (Å²) in [7, 11) is 1.97. The van der Waals surface area contributed by atoms with Gasteiger partial charge in [0.2, 0.25) is 5.91 Å². The Morgan fingerprint density at radius 2 is 2.32 bits per heavy atom. The van der Waals surface area contributed by atoms with Crippen molar-refractivity contribution in [3.63, 3.8) is 0 Å². The van der Waals surface area contributed by atoms with Crippen molar-refractivity contribution in [3.05, 3.63) is 30.1 Å². The number of aryl methyl sites for hydroxylation is 1. The number of nitrogens with zero attached hydrogens (tertiary/aromatic N) is 2. The van der Waals surface area contributed by atoms with E-state index in [-0.39, 0.29) is 11.3 Å². The summed E-state index contributed by atoms with van der Waals surface area (Å²) >= 11 is 0. The normalized spacial score (nSPS) is 16.5. The second-order valence-electron chi connectivity index (χ2n) is 5.19. The molecule has 1 saturated carbocycles. The number of nitrogens with one attached hydrogen (secondary N) is 1. The zero-order valence-corrected chi connectivity index (χ0v) is 11.0. The van der Waals surface area contributed by atoms with Crippen molar-refractivity contribution in [2.75, 3.05) is 13.1 Å². The molecule has 1 fully saturated rings. The highest BCUT2D eigenvalue weighted by Gasteiger charge is 2.51. The van der Waals surface area contributed by atoms with E-state index in [0.717, 1.165) is 29.4 Å². The number of imidazole rings is 1. The third-order valence-electron chi connectivity index (χ3n) is 3.89. The van der Waals surface area contributed by atoms with Gasteiger partial charge in [0.1, 0.15) is 0 Å². The fraction of sp³-hybridized carbons (Fsp3) is 0.429. The fourth-order valence-electron chi connectivity index (χ4n) is 2.56. The van der Waals surface area contributed by atoms with Crippen LogP contribution in [0, 0.1) is 0 Å². The number of hydrogen-bond donors (Lipinski definition) is 2. The van der Waals surface area contributed by atoms with Crippen molar-refractivity contribution >= 4 is 16.9 Å². The first-order valence-electron chi connectivity index (χ1n) is 6.57. The summed E-state index contributed by atoms with van der Waals surface area (Å²) in [5.74, 6) is 0.0910. The molecule has 0 aliphatic heterocycles. The Balaban J connectivity index is 1.93. The Morgan fingerprint density at radius 1 is 1.53 bits per heavy atom. The van der Waals surface area contributed by atoms with E-state index in [0.29, 0.717) is 13.1 Å². The second-order valence-corrected chi connectivity index (χ2v) is 5.19. The SMILES string of the molecule is Cn1cnc2cc(C3(C(=O)NCCN)CC3)ccc21. The van der Waals surface area contributed by atoms with Crippen LogP contribution in [-0.4, -0.2) is 28.5 Å². The van der Waals surface area contributed by atoms with Crippen LogP contribution in [0.3, 0.4) is 0 Å². The molecule has 0 atom stereocenters. The summed E-state index contributed by atoms with van der Waals surface area (Å²) in [5.41, 5.74) is 8.17. The monoisotopic (exact) mass is 258 g/mol. The van der Waals surface area contributed by atoms with Gasteiger partial charge in [0.05, 0.1) is 22.8 Å². The Morgan fingerprint density at radius 3 is 3.00 bits per heavy atom. The lowest BCUT2D eigenvalue weighted by atomic mass is 9.94. The summed E-state index contributed by atoms with van der Waals surface area (Å²) in [6, 6.07) is 6.11. The zero-order chi connectivity index (χ0) is 13.5. The van der Waals surface area contributed by atoms with Gasteiger partial charge in [-0.15, -0.1) is 0 Å². The van der Waals surface area contributed by atoms with Crippen molar-refractivity contribution in [2.24, 2.45) is 12.8 Å². The smallest absolute Gasteiger partial charge is 0.230 e. The van der Waals surface area contributed by atoms with Crippen LogP contribution in [0.25, 0.3) is 11.0 Å². The molecule has 100 valence electrons. The van der Waals surface area contributed by atoms with Gasteiger partial charge >= 0.3 is 0 Å². The van der Waals surface area contributed by atoms with Gasteiger partial charge in [0.15, 0.2) is 0 Å². The zero-order valence-electron chi connectivity index (χ0n) is 11.0. The van der Waals surface area contributed by atoms with E-state index in [2.05, 4.69) is 10.3 Å². The molecule has 3 N–H and O–H groups in total. The predicted molar refractivity (Wildman–Crippen MR) is 73.7 cm³/mol. The maximum Gasteiger partial charge on any atom is 0.230 e. The fourth-order valence-corrected chi connectivity index (χ4v) is 2.56. The molecule has 0 saturated heterocycles. The highest BCUT2D eigenvalue weighted by atomic mass is 16.2. The summed E-state index contributed by atoms with van der Waals surface area (Å²) in [5, 5.41) is 2.90. The van der Waals surface area contributed by atoms with Crippen molar-refractivity contribution in [3.8, 4) is 0 Å². The number of carbonyl (C=O) groups excluding carboxylic acids is 1. The highest BCUT2D eigenvalue weighted by molar-refractivity contribution is 5.92. The first-order chi connectivity index (χ1) is 9.17. The summed E-state index contributed by atoms with van der Waals surface area (Å²) < 4.78 is 1.98. The van der Waals surface area contributed by atoms with Gasteiger partial charge in [0, 0.05) is 20.1 Å². The van der Waals surface area contributed by atoms with Gasteiger partial charge in [-0.25, -0.2) is 4.98 Å². The topological polar surface area (TPSA) is 72.9 Å². The molecule has 19 heavy (non-hydrogen) atoms. The van der Waals surface area contributed by atoms with E-state index in [9.17, 15) is 4.79 Å². The number of fused-ring (bicyclic) bond motifs is 1. The van der Waals surface area contributed by atoms with Crippen molar-refractivity contribution < 1.29 is 4.79 Å². The number of rotatable bonds is 4. The van der Waals surface area contributed by atoms with Gasteiger partial charge in [0.25, 0.3) is 0 Å². The molecule has 3 rings (SSSR count). The van der Waals surface area contributed by atoms with Gasteiger partial charge in [-0.05, 0) is 30.5 Å². The number of nitrogens with two attached hydrogens (primary N) is 1. The van der Waals surface area contributed by atoms with Crippen LogP contribution in [0.2, 0.25) is 0 Å². The van der Waals surface area contributed by atoms with Crippen molar-refractivity contribution in [2.45, 2.75) is 18.3 Å². The van der Waals surface area contributed by atoms with E-state index in [4.69, 9.17) is 5.73 Å². The molecule has 0 radical (unpaired) electrons. The first-order valence-corrected chi connectivity index (χ1v) is 6.57. The van der Waals surface area contributed by atoms with E-state index < -0.39 is 0 Å². The lowest BCUT2D eigenvalue weighted by Gasteiger charge is -2.15. The van der Waals surface area contributed by atoms with Crippen LogP contribution in [-0.2, 0) is 17.3 Å². The number of hydrogen-bond acceptors (Lipinski definition) is 3. The second kappa shape index (κ2) is 4.35. The number of carbonyl (C=O) groups is 1. The average Bonchev–Trinajstić information content (AvgIpc) is 3.16. The highest BCUT2D eigenvalue weighted by Crippen LogP contribution is 2.48. The third kappa shape index (κ3) is 1.90. The molecule has 1 aliphatic rings. The molecule has 1 heterocycles. The Labute approximate surface area is 111 Å². The van der Waals surface area contributed by atoms with Crippen LogP contribution < -0.4 is 11.1 Å². The minimum atomic E-state index is -0.346. The lowest BCUT2D eigenvalue weighted by Crippen LogP contribution is -2.37. The molecular formula is C14H18N4O. The summed E-state index contributed by atoms with van der Waals surface area (Å²) in [6.45, 7) is 1.01. The first kappa shape index (κ1) is 12.2. The maximum atomic E-state index is 12.2. The predicted octanol–water partition coefficient (Wildman–Crippen LogP) is 0.680. The number of aromatic nitrogens is 2. The van der Waals surface area contributed by atoms with Crippen molar-refractivity contribution in [1.29, 1.82) is 0 Å². The third-order valence-corrected chi connectivity index (χ3v) is 3.89. The Kier molecular flexibility index (Phi) is 2.78. The largest absolute Gasteiger partial charge is 0.354 e. The molecule has 1 amide bonds. The van der Waals surface area contributed by atoms with E-state index >= 15 is 0 Å². The molecule has 0 unspecified atom stereocenters. The number of benzene rings is 1. The molecule has 2 aromatic rings. The maximum absolute atomic E-state index is 12.2. The Bertz CT molecular complexity index is 627. The van der Waals surface area contributed by atoms with Crippen LogP contribution in [0.15, 0.2) is 24.5 Å².